The Bertz CT molecular complexity index is 1880. The first-order valence-corrected chi connectivity index (χ1v) is 14.8. The van der Waals surface area contributed by atoms with Crippen molar-refractivity contribution in [3.05, 3.63) is 92.8 Å². The van der Waals surface area contributed by atoms with Crippen molar-refractivity contribution in [3.63, 3.8) is 0 Å². The summed E-state index contributed by atoms with van der Waals surface area (Å²) in [6.07, 6.45) is 2.60. The predicted octanol–water partition coefficient (Wildman–Crippen LogP) is 7.47. The molecular formula is C28H21Cl3FN3O4S. The summed E-state index contributed by atoms with van der Waals surface area (Å²) in [5, 5.41) is 15.4. The molecule has 206 valence electrons. The molecule has 0 saturated heterocycles. The molecule has 5 aromatic rings. The van der Waals surface area contributed by atoms with E-state index in [4.69, 9.17) is 39.2 Å². The molecule has 2 heterocycles. The van der Waals surface area contributed by atoms with Gasteiger partial charge in [-0.2, -0.15) is 5.10 Å². The van der Waals surface area contributed by atoms with Crippen LogP contribution in [0.4, 0.5) is 4.39 Å². The minimum absolute atomic E-state index is 0.278. The Morgan fingerprint density at radius 2 is 1.73 bits per heavy atom. The van der Waals surface area contributed by atoms with Crippen molar-refractivity contribution in [1.29, 1.82) is 0 Å². The number of benzene rings is 3. The molecule has 0 radical (unpaired) electrons. The van der Waals surface area contributed by atoms with Gasteiger partial charge in [-0.25, -0.2) is 22.5 Å². The van der Waals surface area contributed by atoms with Crippen LogP contribution >= 0.6 is 34.8 Å². The third kappa shape index (κ3) is 5.27. The Kier molecular flexibility index (Phi) is 7.54. The lowest BCUT2D eigenvalue weighted by Crippen LogP contribution is -2.06. The van der Waals surface area contributed by atoms with Gasteiger partial charge in [0.1, 0.15) is 11.5 Å². The maximum atomic E-state index is 15.0. The van der Waals surface area contributed by atoms with E-state index in [0.717, 1.165) is 6.26 Å². The van der Waals surface area contributed by atoms with E-state index in [0.29, 0.717) is 60.5 Å². The SMILES string of the molecule is Cc1nc(-c2ccc(Cl)cc2Cl)c(-c2cc(-c3cc(F)c(CO)c(S(C)(=O)=O)c3)ccc2-n2cc(Cl)c(C)n2)o1. The summed E-state index contributed by atoms with van der Waals surface area (Å²) in [6, 6.07) is 12.7. The highest BCUT2D eigenvalue weighted by Crippen LogP contribution is 2.41. The van der Waals surface area contributed by atoms with Gasteiger partial charge >= 0.3 is 0 Å². The van der Waals surface area contributed by atoms with E-state index in [1.165, 1.54) is 12.1 Å². The maximum absolute atomic E-state index is 15.0. The molecule has 3 aromatic carbocycles. The van der Waals surface area contributed by atoms with Crippen molar-refractivity contribution >= 4 is 44.6 Å². The largest absolute Gasteiger partial charge is 0.440 e. The number of aromatic nitrogens is 3. The minimum atomic E-state index is -3.84. The molecule has 0 atom stereocenters. The van der Waals surface area contributed by atoms with Crippen molar-refractivity contribution in [2.24, 2.45) is 0 Å². The zero-order valence-electron chi connectivity index (χ0n) is 21.3. The van der Waals surface area contributed by atoms with Gasteiger partial charge in [-0.1, -0.05) is 40.9 Å². The van der Waals surface area contributed by atoms with Crippen LogP contribution in [0.15, 0.2) is 64.0 Å². The van der Waals surface area contributed by atoms with Crippen LogP contribution in [0.1, 0.15) is 17.1 Å². The number of aryl methyl sites for hydroxylation is 2. The van der Waals surface area contributed by atoms with E-state index in [9.17, 15) is 13.5 Å². The van der Waals surface area contributed by atoms with Crippen molar-refractivity contribution < 1.29 is 22.3 Å². The van der Waals surface area contributed by atoms with Crippen LogP contribution in [0.5, 0.6) is 0 Å². The van der Waals surface area contributed by atoms with Gasteiger partial charge in [0.15, 0.2) is 21.5 Å². The van der Waals surface area contributed by atoms with Crippen LogP contribution in [-0.2, 0) is 16.4 Å². The molecule has 0 spiro atoms. The van der Waals surface area contributed by atoms with Crippen LogP contribution in [0.3, 0.4) is 0 Å². The Morgan fingerprint density at radius 3 is 2.35 bits per heavy atom. The van der Waals surface area contributed by atoms with E-state index >= 15 is 4.39 Å². The van der Waals surface area contributed by atoms with Gasteiger partial charge in [-0.15, -0.1) is 0 Å². The standard InChI is InChI=1S/C28H21Cl3FN3O4S/c1-14-23(31)12-35(34-14)25-7-4-16(17-9-24(32)21(13-36)26(10-17)40(3,37)38)8-20(25)28-27(33-15(2)39-28)19-6-5-18(29)11-22(19)30/h4-12,36H,13H2,1-3H3. The lowest BCUT2D eigenvalue weighted by atomic mass is 9.97. The summed E-state index contributed by atoms with van der Waals surface area (Å²) in [4.78, 5) is 4.28. The highest BCUT2D eigenvalue weighted by molar-refractivity contribution is 7.90. The number of oxazole rings is 1. The average molecular weight is 621 g/mol. The summed E-state index contributed by atoms with van der Waals surface area (Å²) in [5.74, 6) is -0.136. The Labute approximate surface area is 244 Å². The third-order valence-electron chi connectivity index (χ3n) is 6.29. The number of nitrogens with zero attached hydrogens (tertiary/aromatic N) is 3. The molecule has 0 aliphatic heterocycles. The summed E-state index contributed by atoms with van der Waals surface area (Å²) in [6.45, 7) is 2.69. The van der Waals surface area contributed by atoms with Crippen LogP contribution in [-0.4, -0.2) is 34.5 Å². The highest BCUT2D eigenvalue weighted by atomic mass is 35.5. The van der Waals surface area contributed by atoms with Gasteiger partial charge in [0, 0.05) is 41.1 Å². The fraction of sp³-hybridized carbons (Fsp3) is 0.143. The van der Waals surface area contributed by atoms with Gasteiger partial charge in [0.2, 0.25) is 0 Å². The third-order valence-corrected chi connectivity index (χ3v) is 8.37. The first-order valence-electron chi connectivity index (χ1n) is 11.8. The number of aliphatic hydroxyl groups is 1. The van der Waals surface area contributed by atoms with Gasteiger partial charge < -0.3 is 9.52 Å². The fourth-order valence-electron chi connectivity index (χ4n) is 4.40. The van der Waals surface area contributed by atoms with Gasteiger partial charge in [0.05, 0.1) is 32.9 Å². The zero-order chi connectivity index (χ0) is 28.9. The number of halogens is 4. The number of rotatable bonds is 6. The van der Waals surface area contributed by atoms with Crippen LogP contribution < -0.4 is 0 Å². The van der Waals surface area contributed by atoms with E-state index in [2.05, 4.69) is 10.1 Å². The van der Waals surface area contributed by atoms with Crippen LogP contribution in [0.25, 0.3) is 39.4 Å². The monoisotopic (exact) mass is 619 g/mol. The molecule has 1 N–H and O–H groups in total. The summed E-state index contributed by atoms with van der Waals surface area (Å²) in [5.41, 5.74) is 3.14. The summed E-state index contributed by atoms with van der Waals surface area (Å²) in [7, 11) is -3.84. The fourth-order valence-corrected chi connectivity index (χ4v) is 5.97. The van der Waals surface area contributed by atoms with Gasteiger partial charge in [-0.05, 0) is 60.5 Å². The molecule has 2 aromatic heterocycles. The Hall–Kier alpha value is -3.21. The topological polar surface area (TPSA) is 98.2 Å². The molecule has 40 heavy (non-hydrogen) atoms. The van der Waals surface area contributed by atoms with E-state index in [1.54, 1.807) is 61.1 Å². The first kappa shape index (κ1) is 28.3. The number of hydrogen-bond acceptors (Lipinski definition) is 6. The molecule has 0 saturated carbocycles. The molecule has 0 aliphatic rings. The average Bonchev–Trinajstić information content (AvgIpc) is 3.43. The molecule has 0 fully saturated rings. The molecule has 0 amide bonds. The lowest BCUT2D eigenvalue weighted by molar-refractivity contribution is 0.272. The van der Waals surface area contributed by atoms with E-state index < -0.39 is 22.3 Å². The minimum Gasteiger partial charge on any atom is -0.440 e. The second-order valence-corrected chi connectivity index (χ2v) is 12.4. The second kappa shape index (κ2) is 10.6. The Balaban J connectivity index is 1.80. The van der Waals surface area contributed by atoms with Crippen molar-refractivity contribution in [3.8, 4) is 39.4 Å². The second-order valence-electron chi connectivity index (χ2n) is 9.14. The normalized spacial score (nSPS) is 11.8. The number of aliphatic hydroxyl groups excluding tert-OH is 1. The molecule has 5 rings (SSSR count). The lowest BCUT2D eigenvalue weighted by Gasteiger charge is -2.14. The van der Waals surface area contributed by atoms with Gasteiger partial charge in [-0.3, -0.25) is 0 Å². The molecule has 0 aliphatic carbocycles. The zero-order valence-corrected chi connectivity index (χ0v) is 24.4. The molecular weight excluding hydrogens is 600 g/mol. The molecule has 12 heteroatoms. The van der Waals surface area contributed by atoms with E-state index in [-0.39, 0.29) is 16.0 Å². The van der Waals surface area contributed by atoms with Gasteiger partial charge in [0.25, 0.3) is 0 Å². The Morgan fingerprint density at radius 1 is 0.975 bits per heavy atom. The van der Waals surface area contributed by atoms with Crippen molar-refractivity contribution in [1.82, 2.24) is 14.8 Å². The van der Waals surface area contributed by atoms with Crippen LogP contribution in [0.2, 0.25) is 15.1 Å². The summed E-state index contributed by atoms with van der Waals surface area (Å²) >= 11 is 19.0. The van der Waals surface area contributed by atoms with E-state index in [1.807, 2.05) is 0 Å². The smallest absolute Gasteiger partial charge is 0.192 e. The predicted molar refractivity (Wildman–Crippen MR) is 153 cm³/mol. The van der Waals surface area contributed by atoms with Crippen LogP contribution in [0, 0.1) is 19.7 Å². The van der Waals surface area contributed by atoms with Crippen molar-refractivity contribution in [2.45, 2.75) is 25.3 Å². The molecule has 7 nitrogen and oxygen atoms in total. The number of sulfone groups is 1. The first-order chi connectivity index (χ1) is 18.9. The highest BCUT2D eigenvalue weighted by Gasteiger charge is 2.24. The summed E-state index contributed by atoms with van der Waals surface area (Å²) < 4.78 is 47.5. The van der Waals surface area contributed by atoms with Crippen molar-refractivity contribution in [2.75, 3.05) is 6.26 Å². The molecule has 0 unspecified atom stereocenters. The number of hydrogen-bond donors (Lipinski definition) is 1. The maximum Gasteiger partial charge on any atom is 0.192 e. The molecule has 0 bridgehead atoms. The quantitative estimate of drug-likeness (QED) is 0.211.